The molecule has 1 rings (SSSR count). The summed E-state index contributed by atoms with van der Waals surface area (Å²) in [7, 11) is 0. The highest BCUT2D eigenvalue weighted by atomic mass is 16.5. The highest BCUT2D eigenvalue weighted by Crippen LogP contribution is 2.37. The molecule has 0 aliphatic carbocycles. The van der Waals surface area contributed by atoms with Gasteiger partial charge in [0, 0.05) is 13.1 Å². The second kappa shape index (κ2) is 6.59. The monoisotopic (exact) mass is 269 g/mol. The normalized spacial score (nSPS) is 19.6. The minimum absolute atomic E-state index is 0.105. The van der Waals surface area contributed by atoms with Gasteiger partial charge in [0.05, 0.1) is 11.5 Å². The fourth-order valence-corrected chi connectivity index (χ4v) is 2.28. The van der Waals surface area contributed by atoms with Crippen molar-refractivity contribution in [1.82, 2.24) is 4.90 Å². The largest absolute Gasteiger partial charge is 0.465 e. The molecule has 1 fully saturated rings. The highest BCUT2D eigenvalue weighted by Gasteiger charge is 2.43. The lowest BCUT2D eigenvalue weighted by Gasteiger charge is -2.38. The Labute approximate surface area is 114 Å². The summed E-state index contributed by atoms with van der Waals surface area (Å²) in [6.45, 7) is 8.28. The van der Waals surface area contributed by atoms with Gasteiger partial charge in [0.1, 0.15) is 0 Å². The molecule has 0 aromatic heterocycles. The molecule has 1 aliphatic rings. The zero-order valence-electron chi connectivity index (χ0n) is 11.7. The van der Waals surface area contributed by atoms with Crippen LogP contribution in [0.15, 0.2) is 12.7 Å². The fraction of sp³-hybridized carbons (Fsp3) is 0.714. The number of piperidine rings is 1. The highest BCUT2D eigenvalue weighted by molar-refractivity contribution is 5.78. The van der Waals surface area contributed by atoms with Crippen LogP contribution in [0.25, 0.3) is 0 Å². The summed E-state index contributed by atoms with van der Waals surface area (Å²) in [6, 6.07) is 0. The van der Waals surface area contributed by atoms with E-state index in [4.69, 9.17) is 9.84 Å². The number of carbonyl (C=O) groups is 2. The van der Waals surface area contributed by atoms with Gasteiger partial charge in [-0.1, -0.05) is 13.0 Å². The molecule has 0 bridgehead atoms. The molecular weight excluding hydrogens is 246 g/mol. The van der Waals surface area contributed by atoms with Crippen molar-refractivity contribution < 1.29 is 19.4 Å². The van der Waals surface area contributed by atoms with Gasteiger partial charge in [-0.15, -0.1) is 6.58 Å². The fourth-order valence-electron chi connectivity index (χ4n) is 2.28. The number of carboxylic acid groups (broad SMARTS) is 1. The lowest BCUT2D eigenvalue weighted by Crippen LogP contribution is -2.47. The van der Waals surface area contributed by atoms with Gasteiger partial charge < -0.3 is 14.7 Å². The van der Waals surface area contributed by atoms with Crippen LogP contribution in [0.3, 0.4) is 0 Å². The van der Waals surface area contributed by atoms with E-state index in [2.05, 4.69) is 6.58 Å². The molecule has 1 heterocycles. The van der Waals surface area contributed by atoms with Crippen LogP contribution in [-0.4, -0.2) is 41.3 Å². The Kier molecular flexibility index (Phi) is 5.39. The van der Waals surface area contributed by atoms with Gasteiger partial charge in [0.15, 0.2) is 0 Å². The summed E-state index contributed by atoms with van der Waals surface area (Å²) in [6.07, 6.45) is 3.00. The number of esters is 1. The van der Waals surface area contributed by atoms with Crippen molar-refractivity contribution in [3.05, 3.63) is 12.7 Å². The number of allylic oxidation sites excluding steroid dienone is 1. The van der Waals surface area contributed by atoms with Crippen molar-refractivity contribution in [3.8, 4) is 0 Å². The Bertz CT molecular complexity index is 345. The van der Waals surface area contributed by atoms with Crippen molar-refractivity contribution in [2.75, 3.05) is 13.1 Å². The van der Waals surface area contributed by atoms with Crippen LogP contribution in [0.1, 0.15) is 39.5 Å². The zero-order valence-corrected chi connectivity index (χ0v) is 11.7. The summed E-state index contributed by atoms with van der Waals surface area (Å²) in [4.78, 5) is 24.6. The van der Waals surface area contributed by atoms with Gasteiger partial charge in [-0.2, -0.15) is 0 Å². The maximum absolute atomic E-state index is 12.3. The molecule has 5 heteroatoms. The Balaban J connectivity index is 2.74. The SMILES string of the molecule is C=CCC1(C(=O)OC(C)CC)CCN(C(=O)O)CC1. The van der Waals surface area contributed by atoms with Crippen molar-refractivity contribution in [2.24, 2.45) is 5.41 Å². The first-order chi connectivity index (χ1) is 8.95. The third-order valence-electron chi connectivity index (χ3n) is 3.84. The van der Waals surface area contributed by atoms with Crippen LogP contribution in [-0.2, 0) is 9.53 Å². The van der Waals surface area contributed by atoms with Crippen molar-refractivity contribution in [2.45, 2.75) is 45.6 Å². The van der Waals surface area contributed by atoms with E-state index in [1.165, 1.54) is 4.90 Å². The summed E-state index contributed by atoms with van der Waals surface area (Å²) in [5, 5.41) is 8.95. The molecule has 1 unspecified atom stereocenters. The predicted octanol–water partition coefficient (Wildman–Crippen LogP) is 2.66. The number of ether oxygens (including phenoxy) is 1. The number of hydrogen-bond acceptors (Lipinski definition) is 3. The van der Waals surface area contributed by atoms with Crippen LogP contribution < -0.4 is 0 Å². The maximum atomic E-state index is 12.3. The molecule has 0 aromatic carbocycles. The third kappa shape index (κ3) is 3.72. The number of likely N-dealkylation sites (tertiary alicyclic amines) is 1. The molecule has 1 atom stereocenters. The zero-order chi connectivity index (χ0) is 14.5. The Morgan fingerprint density at radius 2 is 2.05 bits per heavy atom. The summed E-state index contributed by atoms with van der Waals surface area (Å²) in [5.74, 6) is -0.216. The van der Waals surface area contributed by atoms with E-state index < -0.39 is 11.5 Å². The Morgan fingerprint density at radius 1 is 1.47 bits per heavy atom. The number of carbonyl (C=O) groups excluding carboxylic acids is 1. The van der Waals surface area contributed by atoms with E-state index in [0.717, 1.165) is 6.42 Å². The second-order valence-electron chi connectivity index (χ2n) is 5.17. The van der Waals surface area contributed by atoms with Gasteiger partial charge in [-0.05, 0) is 32.6 Å². The third-order valence-corrected chi connectivity index (χ3v) is 3.84. The minimum Gasteiger partial charge on any atom is -0.465 e. The summed E-state index contributed by atoms with van der Waals surface area (Å²) < 4.78 is 5.44. The average Bonchev–Trinajstić information content (AvgIpc) is 2.39. The van der Waals surface area contributed by atoms with E-state index in [-0.39, 0.29) is 12.1 Å². The molecule has 1 amide bonds. The Hall–Kier alpha value is -1.52. The van der Waals surface area contributed by atoms with E-state index in [0.29, 0.717) is 32.4 Å². The van der Waals surface area contributed by atoms with Crippen molar-refractivity contribution in [3.63, 3.8) is 0 Å². The lowest BCUT2D eigenvalue weighted by molar-refractivity contribution is -0.163. The van der Waals surface area contributed by atoms with Crippen LogP contribution in [0.2, 0.25) is 0 Å². The molecule has 1 aliphatic heterocycles. The first kappa shape index (κ1) is 15.5. The smallest absolute Gasteiger partial charge is 0.407 e. The molecule has 0 radical (unpaired) electrons. The number of nitrogens with zero attached hydrogens (tertiary/aromatic N) is 1. The van der Waals surface area contributed by atoms with Crippen LogP contribution in [0.4, 0.5) is 4.79 Å². The molecule has 1 N–H and O–H groups in total. The first-order valence-corrected chi connectivity index (χ1v) is 6.75. The standard InChI is InChI=1S/C14H23NO4/c1-4-6-14(12(16)19-11(3)5-2)7-9-15(10-8-14)13(17)18/h4,11H,1,5-10H2,2-3H3,(H,17,18). The molecule has 19 heavy (non-hydrogen) atoms. The average molecular weight is 269 g/mol. The predicted molar refractivity (Wildman–Crippen MR) is 71.9 cm³/mol. The van der Waals surface area contributed by atoms with Crippen molar-refractivity contribution in [1.29, 1.82) is 0 Å². The van der Waals surface area contributed by atoms with Crippen LogP contribution in [0, 0.1) is 5.41 Å². The number of hydrogen-bond donors (Lipinski definition) is 1. The van der Waals surface area contributed by atoms with E-state index >= 15 is 0 Å². The van der Waals surface area contributed by atoms with Gasteiger partial charge in [-0.3, -0.25) is 4.79 Å². The van der Waals surface area contributed by atoms with Gasteiger partial charge >= 0.3 is 12.1 Å². The maximum Gasteiger partial charge on any atom is 0.407 e. The molecule has 0 aromatic rings. The molecule has 108 valence electrons. The van der Waals surface area contributed by atoms with E-state index in [1.807, 2.05) is 13.8 Å². The quantitative estimate of drug-likeness (QED) is 0.615. The summed E-state index contributed by atoms with van der Waals surface area (Å²) >= 11 is 0. The summed E-state index contributed by atoms with van der Waals surface area (Å²) in [5.41, 5.74) is -0.600. The molecule has 0 spiro atoms. The lowest BCUT2D eigenvalue weighted by atomic mass is 9.75. The Morgan fingerprint density at radius 3 is 2.47 bits per heavy atom. The molecular formula is C14H23NO4. The number of amides is 1. The number of rotatable bonds is 5. The topological polar surface area (TPSA) is 66.8 Å². The molecule has 1 saturated heterocycles. The second-order valence-corrected chi connectivity index (χ2v) is 5.17. The van der Waals surface area contributed by atoms with Gasteiger partial charge in [-0.25, -0.2) is 4.79 Å². The van der Waals surface area contributed by atoms with Gasteiger partial charge in [0.2, 0.25) is 0 Å². The minimum atomic E-state index is -0.928. The van der Waals surface area contributed by atoms with Gasteiger partial charge in [0.25, 0.3) is 0 Å². The molecule has 0 saturated carbocycles. The van der Waals surface area contributed by atoms with Crippen LogP contribution in [0.5, 0.6) is 0 Å². The van der Waals surface area contributed by atoms with Crippen molar-refractivity contribution >= 4 is 12.1 Å². The first-order valence-electron chi connectivity index (χ1n) is 6.75. The van der Waals surface area contributed by atoms with E-state index in [9.17, 15) is 9.59 Å². The van der Waals surface area contributed by atoms with E-state index in [1.54, 1.807) is 6.08 Å². The molecule has 5 nitrogen and oxygen atoms in total. The van der Waals surface area contributed by atoms with Crippen LogP contribution >= 0.6 is 0 Å².